The minimum absolute atomic E-state index is 0.0428. The third-order valence-electron chi connectivity index (χ3n) is 2.46. The zero-order chi connectivity index (χ0) is 13.5. The molecule has 0 spiro atoms. The smallest absolute Gasteiger partial charge is 0.342 e. The maximum Gasteiger partial charge on any atom is 0.342 e. The molecule has 0 amide bonds. The fraction of sp³-hybridized carbons (Fsp3) is 0.583. The van der Waals surface area contributed by atoms with Gasteiger partial charge in [-0.2, -0.15) is 0 Å². The van der Waals surface area contributed by atoms with Crippen LogP contribution < -0.4 is 0 Å². The highest BCUT2D eigenvalue weighted by atomic mass is 16.6. The van der Waals surface area contributed by atoms with Gasteiger partial charge in [0.15, 0.2) is 0 Å². The van der Waals surface area contributed by atoms with Crippen molar-refractivity contribution in [3.63, 3.8) is 0 Å². The van der Waals surface area contributed by atoms with Gasteiger partial charge in [-0.25, -0.2) is 9.59 Å². The number of carbonyl (C=O) groups is 3. The van der Waals surface area contributed by atoms with E-state index in [2.05, 4.69) is 4.74 Å². The van der Waals surface area contributed by atoms with E-state index < -0.39 is 17.9 Å². The summed E-state index contributed by atoms with van der Waals surface area (Å²) in [5, 5.41) is 0. The van der Waals surface area contributed by atoms with E-state index in [-0.39, 0.29) is 30.6 Å². The Hall–Kier alpha value is -1.69. The number of carbonyl (C=O) groups excluding carboxylic acids is 3. The van der Waals surface area contributed by atoms with Crippen molar-refractivity contribution in [2.45, 2.75) is 26.7 Å². The Bertz CT molecular complexity index is 382. The molecule has 0 aliphatic carbocycles. The molecular formula is C12H16O6. The van der Waals surface area contributed by atoms with E-state index in [4.69, 9.17) is 9.47 Å². The molecule has 1 rings (SSSR count). The van der Waals surface area contributed by atoms with Crippen LogP contribution >= 0.6 is 0 Å². The van der Waals surface area contributed by atoms with Gasteiger partial charge in [0.25, 0.3) is 0 Å². The zero-order valence-corrected chi connectivity index (χ0v) is 10.5. The van der Waals surface area contributed by atoms with E-state index in [0.717, 1.165) is 0 Å². The van der Waals surface area contributed by atoms with Gasteiger partial charge in [-0.05, 0) is 20.3 Å². The summed E-state index contributed by atoms with van der Waals surface area (Å²) in [4.78, 5) is 33.6. The second-order valence-corrected chi connectivity index (χ2v) is 3.70. The summed E-state index contributed by atoms with van der Waals surface area (Å²) in [7, 11) is 0. The van der Waals surface area contributed by atoms with Crippen molar-refractivity contribution in [1.82, 2.24) is 0 Å². The summed E-state index contributed by atoms with van der Waals surface area (Å²) in [6.45, 7) is 4.46. The Labute approximate surface area is 105 Å². The molecule has 100 valence electrons. The number of rotatable bonds is 7. The lowest BCUT2D eigenvalue weighted by molar-refractivity contribution is -0.151. The first-order chi connectivity index (χ1) is 8.56. The Balaban J connectivity index is 2.30. The molecule has 1 aliphatic heterocycles. The summed E-state index contributed by atoms with van der Waals surface area (Å²) < 4.78 is 14.3. The predicted molar refractivity (Wildman–Crippen MR) is 60.5 cm³/mol. The fourth-order valence-electron chi connectivity index (χ4n) is 1.45. The molecule has 0 aromatic heterocycles. The average molecular weight is 256 g/mol. The molecule has 0 aromatic carbocycles. The third-order valence-corrected chi connectivity index (χ3v) is 2.46. The number of hydrogen-bond acceptors (Lipinski definition) is 6. The Kier molecular flexibility index (Phi) is 5.51. The number of ether oxygens (including phenoxy) is 3. The van der Waals surface area contributed by atoms with Crippen molar-refractivity contribution < 1.29 is 28.6 Å². The highest BCUT2D eigenvalue weighted by molar-refractivity contribution is 6.12. The molecule has 0 saturated heterocycles. The lowest BCUT2D eigenvalue weighted by atomic mass is 10.1. The molecule has 0 radical (unpaired) electrons. The topological polar surface area (TPSA) is 78.9 Å². The van der Waals surface area contributed by atoms with Gasteiger partial charge in [0.05, 0.1) is 6.61 Å². The molecule has 6 nitrogen and oxygen atoms in total. The lowest BCUT2D eigenvalue weighted by Gasteiger charge is -2.04. The van der Waals surface area contributed by atoms with Crippen LogP contribution in [0.3, 0.4) is 0 Å². The van der Waals surface area contributed by atoms with E-state index in [1.165, 1.54) is 6.92 Å². The monoisotopic (exact) mass is 256 g/mol. The van der Waals surface area contributed by atoms with Crippen molar-refractivity contribution in [3.05, 3.63) is 11.1 Å². The summed E-state index contributed by atoms with van der Waals surface area (Å²) in [6.07, 6.45) is 0.199. The summed E-state index contributed by atoms with van der Waals surface area (Å²) >= 11 is 0. The van der Waals surface area contributed by atoms with Crippen LogP contribution in [0.4, 0.5) is 0 Å². The van der Waals surface area contributed by atoms with Crippen molar-refractivity contribution in [2.75, 3.05) is 19.8 Å². The van der Waals surface area contributed by atoms with E-state index >= 15 is 0 Å². The lowest BCUT2D eigenvalue weighted by Crippen LogP contribution is -2.11. The van der Waals surface area contributed by atoms with E-state index in [9.17, 15) is 14.4 Å². The Morgan fingerprint density at radius 3 is 2.50 bits per heavy atom. The number of hydrogen-bond donors (Lipinski definition) is 0. The fourth-order valence-corrected chi connectivity index (χ4v) is 1.45. The Morgan fingerprint density at radius 2 is 1.94 bits per heavy atom. The maximum atomic E-state index is 11.3. The van der Waals surface area contributed by atoms with Crippen LogP contribution in [-0.4, -0.2) is 37.7 Å². The molecule has 0 bridgehead atoms. The largest absolute Gasteiger partial charge is 0.463 e. The highest BCUT2D eigenvalue weighted by Gasteiger charge is 2.29. The predicted octanol–water partition coefficient (Wildman–Crippen LogP) is 0.746. The van der Waals surface area contributed by atoms with Gasteiger partial charge in [0.1, 0.15) is 6.61 Å². The normalized spacial score (nSPS) is 15.0. The highest BCUT2D eigenvalue weighted by Crippen LogP contribution is 2.21. The standard InChI is InChI=1S/C12H16O6/c1-3-16-6-7-17-10(13)5-4-9-8(2)11(14)18-12(9)15/h3-7H2,1-2H3. The van der Waals surface area contributed by atoms with Crippen LogP contribution in [0.2, 0.25) is 0 Å². The van der Waals surface area contributed by atoms with Crippen LogP contribution in [0.25, 0.3) is 0 Å². The van der Waals surface area contributed by atoms with Crippen LogP contribution in [0.1, 0.15) is 26.7 Å². The number of esters is 3. The first kappa shape index (κ1) is 14.4. The summed E-state index contributed by atoms with van der Waals surface area (Å²) in [6, 6.07) is 0. The van der Waals surface area contributed by atoms with Gasteiger partial charge in [0, 0.05) is 24.2 Å². The quantitative estimate of drug-likeness (QED) is 0.380. The van der Waals surface area contributed by atoms with E-state index in [0.29, 0.717) is 13.2 Å². The first-order valence-electron chi connectivity index (χ1n) is 5.75. The molecule has 1 heterocycles. The van der Waals surface area contributed by atoms with Gasteiger partial charge in [-0.1, -0.05) is 0 Å². The van der Waals surface area contributed by atoms with Crippen LogP contribution in [-0.2, 0) is 28.6 Å². The molecule has 0 fully saturated rings. The van der Waals surface area contributed by atoms with E-state index in [1.54, 1.807) is 0 Å². The average Bonchev–Trinajstić information content (AvgIpc) is 2.57. The minimum Gasteiger partial charge on any atom is -0.463 e. The molecule has 0 saturated carbocycles. The van der Waals surface area contributed by atoms with Gasteiger partial charge in [-0.3, -0.25) is 4.79 Å². The van der Waals surface area contributed by atoms with Crippen LogP contribution in [0.5, 0.6) is 0 Å². The van der Waals surface area contributed by atoms with Gasteiger partial charge >= 0.3 is 17.9 Å². The molecular weight excluding hydrogens is 240 g/mol. The maximum absolute atomic E-state index is 11.3. The van der Waals surface area contributed by atoms with Gasteiger partial charge in [-0.15, -0.1) is 0 Å². The van der Waals surface area contributed by atoms with Crippen LogP contribution in [0, 0.1) is 0 Å². The van der Waals surface area contributed by atoms with Crippen LogP contribution in [0.15, 0.2) is 11.1 Å². The van der Waals surface area contributed by atoms with E-state index in [1.807, 2.05) is 6.92 Å². The second kappa shape index (κ2) is 6.90. The molecule has 1 aliphatic rings. The second-order valence-electron chi connectivity index (χ2n) is 3.70. The molecule has 0 N–H and O–H groups in total. The summed E-state index contributed by atoms with van der Waals surface area (Å²) in [5.74, 6) is -1.73. The zero-order valence-electron chi connectivity index (χ0n) is 10.5. The SMILES string of the molecule is CCOCCOC(=O)CCC1=C(C)C(=O)OC1=O. The third kappa shape index (κ3) is 3.96. The Morgan fingerprint density at radius 1 is 1.22 bits per heavy atom. The molecule has 18 heavy (non-hydrogen) atoms. The number of cyclic esters (lactones) is 2. The summed E-state index contributed by atoms with van der Waals surface area (Å²) in [5.41, 5.74) is 0.517. The molecule has 0 unspecified atom stereocenters. The van der Waals surface area contributed by atoms with Crippen molar-refractivity contribution >= 4 is 17.9 Å². The van der Waals surface area contributed by atoms with Crippen molar-refractivity contribution in [1.29, 1.82) is 0 Å². The van der Waals surface area contributed by atoms with Crippen molar-refractivity contribution in [2.24, 2.45) is 0 Å². The van der Waals surface area contributed by atoms with Gasteiger partial charge in [0.2, 0.25) is 0 Å². The molecule has 0 atom stereocenters. The minimum atomic E-state index is -0.667. The van der Waals surface area contributed by atoms with Crippen molar-refractivity contribution in [3.8, 4) is 0 Å². The molecule has 6 heteroatoms. The molecule has 0 aromatic rings. The van der Waals surface area contributed by atoms with Gasteiger partial charge < -0.3 is 14.2 Å². The first-order valence-corrected chi connectivity index (χ1v) is 5.75.